The van der Waals surface area contributed by atoms with Gasteiger partial charge < -0.3 is 10.6 Å². The Balaban J connectivity index is 2.60. The summed E-state index contributed by atoms with van der Waals surface area (Å²) in [6, 6.07) is -0.00655. The van der Waals surface area contributed by atoms with Crippen LogP contribution in [0.25, 0.3) is 0 Å². The summed E-state index contributed by atoms with van der Waals surface area (Å²) in [6.45, 7) is 13.0. The van der Waals surface area contributed by atoms with Crippen molar-refractivity contribution >= 4 is 5.91 Å². The molecule has 0 bridgehead atoms. The first kappa shape index (κ1) is 13.5. The highest BCUT2D eigenvalue weighted by molar-refractivity contribution is 5.82. The lowest BCUT2D eigenvalue weighted by Gasteiger charge is -2.38. The van der Waals surface area contributed by atoms with Gasteiger partial charge in [-0.2, -0.15) is 0 Å². The van der Waals surface area contributed by atoms with Crippen LogP contribution in [-0.2, 0) is 4.79 Å². The fourth-order valence-electron chi connectivity index (χ4n) is 2.10. The Hall–Kier alpha value is -0.610. The smallest absolute Gasteiger partial charge is 0.238 e. The number of hydrogen-bond acceptors (Lipinski definition) is 3. The maximum atomic E-state index is 11.9. The Bertz CT molecular complexity index is 235. The van der Waals surface area contributed by atoms with E-state index in [0.717, 1.165) is 26.2 Å². The van der Waals surface area contributed by atoms with Crippen LogP contribution < -0.4 is 10.6 Å². The lowest BCUT2D eigenvalue weighted by Crippen LogP contribution is -2.59. The van der Waals surface area contributed by atoms with Gasteiger partial charge in [-0.15, -0.1) is 0 Å². The molecule has 94 valence electrons. The van der Waals surface area contributed by atoms with E-state index in [4.69, 9.17) is 0 Å². The van der Waals surface area contributed by atoms with Crippen LogP contribution in [0.4, 0.5) is 0 Å². The molecule has 1 amide bonds. The van der Waals surface area contributed by atoms with Crippen LogP contribution in [0.1, 0.15) is 27.7 Å². The molecule has 1 atom stereocenters. The van der Waals surface area contributed by atoms with Gasteiger partial charge in [0, 0.05) is 32.7 Å². The molecule has 1 unspecified atom stereocenters. The minimum atomic E-state index is -0.00655. The summed E-state index contributed by atoms with van der Waals surface area (Å²) in [5.74, 6) is 0.152. The maximum Gasteiger partial charge on any atom is 0.238 e. The number of amides is 1. The monoisotopic (exact) mass is 227 g/mol. The zero-order valence-corrected chi connectivity index (χ0v) is 11.0. The predicted molar refractivity (Wildman–Crippen MR) is 66.4 cm³/mol. The highest BCUT2D eigenvalue weighted by atomic mass is 16.2. The molecule has 1 saturated heterocycles. The summed E-state index contributed by atoms with van der Waals surface area (Å²) in [6.07, 6.45) is 0. The van der Waals surface area contributed by atoms with Crippen LogP contribution in [-0.4, -0.2) is 49.6 Å². The van der Waals surface area contributed by atoms with Gasteiger partial charge in [0.25, 0.3) is 0 Å². The molecule has 0 aromatic carbocycles. The van der Waals surface area contributed by atoms with E-state index in [0.29, 0.717) is 6.54 Å². The second kappa shape index (κ2) is 5.64. The zero-order valence-electron chi connectivity index (χ0n) is 11.0. The van der Waals surface area contributed by atoms with E-state index in [1.54, 1.807) is 0 Å². The molecule has 4 heteroatoms. The van der Waals surface area contributed by atoms with Crippen LogP contribution in [0.5, 0.6) is 0 Å². The van der Waals surface area contributed by atoms with E-state index in [2.05, 4.69) is 36.3 Å². The molecule has 0 radical (unpaired) electrons. The van der Waals surface area contributed by atoms with E-state index in [9.17, 15) is 4.79 Å². The van der Waals surface area contributed by atoms with Gasteiger partial charge in [0.2, 0.25) is 5.91 Å². The number of carbonyl (C=O) groups excluding carboxylic acids is 1. The SMILES string of the molecule is CCNC(=O)C1CNCCN1CC(C)(C)C. The first-order valence-corrected chi connectivity index (χ1v) is 6.16. The molecule has 0 spiro atoms. The summed E-state index contributed by atoms with van der Waals surface area (Å²) < 4.78 is 0. The highest BCUT2D eigenvalue weighted by Crippen LogP contribution is 2.17. The van der Waals surface area contributed by atoms with Gasteiger partial charge in [-0.1, -0.05) is 20.8 Å². The van der Waals surface area contributed by atoms with Crippen molar-refractivity contribution in [3.05, 3.63) is 0 Å². The minimum Gasteiger partial charge on any atom is -0.355 e. The summed E-state index contributed by atoms with van der Waals surface area (Å²) in [7, 11) is 0. The number of nitrogens with zero attached hydrogens (tertiary/aromatic N) is 1. The molecular formula is C12H25N3O. The number of carbonyl (C=O) groups is 1. The third-order valence-electron chi connectivity index (χ3n) is 2.69. The maximum absolute atomic E-state index is 11.9. The largest absolute Gasteiger partial charge is 0.355 e. The molecule has 1 aliphatic heterocycles. The summed E-state index contributed by atoms with van der Waals surface area (Å²) in [5, 5.41) is 6.20. The third-order valence-corrected chi connectivity index (χ3v) is 2.69. The fraction of sp³-hybridized carbons (Fsp3) is 0.917. The second-order valence-corrected chi connectivity index (χ2v) is 5.65. The van der Waals surface area contributed by atoms with Crippen molar-refractivity contribution < 1.29 is 4.79 Å². The third kappa shape index (κ3) is 4.10. The Morgan fingerprint density at radius 2 is 2.19 bits per heavy atom. The molecule has 1 heterocycles. The van der Waals surface area contributed by atoms with E-state index in [1.165, 1.54) is 0 Å². The van der Waals surface area contributed by atoms with E-state index >= 15 is 0 Å². The zero-order chi connectivity index (χ0) is 12.2. The van der Waals surface area contributed by atoms with Gasteiger partial charge in [0.05, 0.1) is 0 Å². The number of piperazine rings is 1. The van der Waals surface area contributed by atoms with Gasteiger partial charge in [0.1, 0.15) is 6.04 Å². The van der Waals surface area contributed by atoms with E-state index < -0.39 is 0 Å². The summed E-state index contributed by atoms with van der Waals surface area (Å²) in [4.78, 5) is 14.2. The summed E-state index contributed by atoms with van der Waals surface area (Å²) >= 11 is 0. The van der Waals surface area contributed by atoms with Crippen molar-refractivity contribution in [1.82, 2.24) is 15.5 Å². The van der Waals surface area contributed by atoms with Crippen LogP contribution >= 0.6 is 0 Å². The Kier molecular flexibility index (Phi) is 4.74. The number of rotatable bonds is 3. The Morgan fingerprint density at radius 1 is 1.50 bits per heavy atom. The van der Waals surface area contributed by atoms with Crippen molar-refractivity contribution in [2.45, 2.75) is 33.7 Å². The quantitative estimate of drug-likeness (QED) is 0.735. The normalized spacial score (nSPS) is 23.1. The minimum absolute atomic E-state index is 0.00655. The topological polar surface area (TPSA) is 44.4 Å². The molecule has 0 aromatic heterocycles. The molecule has 1 aliphatic rings. The lowest BCUT2D eigenvalue weighted by molar-refractivity contribution is -0.127. The van der Waals surface area contributed by atoms with Crippen molar-refractivity contribution in [3.63, 3.8) is 0 Å². The summed E-state index contributed by atoms with van der Waals surface area (Å²) in [5.41, 5.74) is 0.238. The van der Waals surface area contributed by atoms with Crippen molar-refractivity contribution in [2.75, 3.05) is 32.7 Å². The highest BCUT2D eigenvalue weighted by Gasteiger charge is 2.30. The number of likely N-dealkylation sites (N-methyl/N-ethyl adjacent to an activating group) is 1. The molecule has 1 rings (SSSR count). The predicted octanol–water partition coefficient (Wildman–Crippen LogP) is 0.442. The fourth-order valence-corrected chi connectivity index (χ4v) is 2.10. The van der Waals surface area contributed by atoms with Gasteiger partial charge in [-0.05, 0) is 12.3 Å². The molecule has 0 saturated carbocycles. The first-order chi connectivity index (χ1) is 7.44. The molecule has 16 heavy (non-hydrogen) atoms. The van der Waals surface area contributed by atoms with Gasteiger partial charge >= 0.3 is 0 Å². The van der Waals surface area contributed by atoms with Gasteiger partial charge in [-0.25, -0.2) is 0 Å². The Morgan fingerprint density at radius 3 is 2.75 bits per heavy atom. The standard InChI is InChI=1S/C12H25N3O/c1-5-14-11(16)10-8-13-6-7-15(10)9-12(2,3)4/h10,13H,5-9H2,1-4H3,(H,14,16). The molecule has 4 nitrogen and oxygen atoms in total. The van der Waals surface area contributed by atoms with Crippen LogP contribution in [0.15, 0.2) is 0 Å². The number of nitrogens with one attached hydrogen (secondary N) is 2. The molecule has 0 aliphatic carbocycles. The Labute approximate surface area is 98.8 Å². The van der Waals surface area contributed by atoms with Crippen molar-refractivity contribution in [3.8, 4) is 0 Å². The molecule has 1 fully saturated rings. The average Bonchev–Trinajstić information content (AvgIpc) is 2.16. The van der Waals surface area contributed by atoms with Crippen molar-refractivity contribution in [1.29, 1.82) is 0 Å². The van der Waals surface area contributed by atoms with E-state index in [1.807, 2.05) is 6.92 Å². The molecule has 2 N–H and O–H groups in total. The van der Waals surface area contributed by atoms with Crippen LogP contribution in [0, 0.1) is 5.41 Å². The molecule has 0 aromatic rings. The van der Waals surface area contributed by atoms with E-state index in [-0.39, 0.29) is 17.4 Å². The van der Waals surface area contributed by atoms with Gasteiger partial charge in [-0.3, -0.25) is 9.69 Å². The van der Waals surface area contributed by atoms with Crippen LogP contribution in [0.3, 0.4) is 0 Å². The molecular weight excluding hydrogens is 202 g/mol. The first-order valence-electron chi connectivity index (χ1n) is 6.16. The number of hydrogen-bond donors (Lipinski definition) is 2. The average molecular weight is 227 g/mol. The van der Waals surface area contributed by atoms with Gasteiger partial charge in [0.15, 0.2) is 0 Å². The van der Waals surface area contributed by atoms with Crippen molar-refractivity contribution in [2.24, 2.45) is 5.41 Å². The second-order valence-electron chi connectivity index (χ2n) is 5.65. The lowest BCUT2D eigenvalue weighted by atomic mass is 9.94. The van der Waals surface area contributed by atoms with Crippen LogP contribution in [0.2, 0.25) is 0 Å².